The Hall–Kier alpha value is -2.25. The predicted molar refractivity (Wildman–Crippen MR) is 94.9 cm³/mol. The number of hydrogen-bond acceptors (Lipinski definition) is 5. The number of aromatic nitrogens is 3. The van der Waals surface area contributed by atoms with Gasteiger partial charge in [-0.25, -0.2) is 4.68 Å². The number of carbonyl (C=O) groups excluding carboxylic acids is 1. The number of aliphatic hydroxyl groups excluding tert-OH is 1. The van der Waals surface area contributed by atoms with E-state index in [1.54, 1.807) is 11.6 Å². The topological polar surface area (TPSA) is 74.5 Å². The largest absolute Gasteiger partial charge is 0.392 e. The van der Waals surface area contributed by atoms with Crippen LogP contribution < -0.4 is 0 Å². The SMILES string of the molecule is Cc1cccc(-n2nnc(C(=O)N3CCN(C[C@H](C)O)CC3)c2C)c1. The highest BCUT2D eigenvalue weighted by molar-refractivity contribution is 5.93. The van der Waals surface area contributed by atoms with Gasteiger partial charge in [0.15, 0.2) is 5.69 Å². The summed E-state index contributed by atoms with van der Waals surface area (Å²) in [6.07, 6.45) is -0.348. The van der Waals surface area contributed by atoms with Crippen LogP contribution in [0.15, 0.2) is 24.3 Å². The maximum Gasteiger partial charge on any atom is 0.276 e. The summed E-state index contributed by atoms with van der Waals surface area (Å²) < 4.78 is 1.71. The van der Waals surface area contributed by atoms with E-state index in [4.69, 9.17) is 0 Å². The van der Waals surface area contributed by atoms with Crippen molar-refractivity contribution in [1.82, 2.24) is 24.8 Å². The summed E-state index contributed by atoms with van der Waals surface area (Å²) in [6, 6.07) is 7.96. The van der Waals surface area contributed by atoms with Crippen LogP contribution >= 0.6 is 0 Å². The molecule has 3 rings (SSSR count). The van der Waals surface area contributed by atoms with Crippen molar-refractivity contribution in [2.75, 3.05) is 32.7 Å². The van der Waals surface area contributed by atoms with Gasteiger partial charge in [-0.3, -0.25) is 9.69 Å². The standard InChI is InChI=1S/C18H25N5O2/c1-13-5-4-6-16(11-13)23-15(3)17(19-20-23)18(25)22-9-7-21(8-10-22)12-14(2)24/h4-6,11,14,24H,7-10,12H2,1-3H3/t14-/m0/s1. The molecule has 2 heterocycles. The molecule has 1 aromatic heterocycles. The van der Waals surface area contributed by atoms with Crippen molar-refractivity contribution in [3.05, 3.63) is 41.2 Å². The van der Waals surface area contributed by atoms with Gasteiger partial charge in [0.2, 0.25) is 0 Å². The summed E-state index contributed by atoms with van der Waals surface area (Å²) >= 11 is 0. The van der Waals surface area contributed by atoms with Crippen molar-refractivity contribution in [1.29, 1.82) is 0 Å². The first-order chi connectivity index (χ1) is 12.0. The van der Waals surface area contributed by atoms with Crippen molar-refractivity contribution in [2.24, 2.45) is 0 Å². The normalized spacial score (nSPS) is 16.9. The molecule has 1 atom stereocenters. The molecule has 0 saturated carbocycles. The molecule has 1 fully saturated rings. The van der Waals surface area contributed by atoms with Crippen LogP contribution in [0.3, 0.4) is 0 Å². The number of rotatable bonds is 4. The molecular formula is C18H25N5O2. The van der Waals surface area contributed by atoms with Crippen LogP contribution in [0.4, 0.5) is 0 Å². The molecule has 25 heavy (non-hydrogen) atoms. The van der Waals surface area contributed by atoms with Gasteiger partial charge in [0, 0.05) is 32.7 Å². The number of amides is 1. The van der Waals surface area contributed by atoms with Gasteiger partial charge in [0.1, 0.15) is 0 Å². The number of aliphatic hydroxyl groups is 1. The zero-order chi connectivity index (χ0) is 18.0. The third-order valence-electron chi connectivity index (χ3n) is 4.53. The number of piperazine rings is 1. The first-order valence-corrected chi connectivity index (χ1v) is 8.64. The van der Waals surface area contributed by atoms with Crippen molar-refractivity contribution in [2.45, 2.75) is 26.9 Å². The quantitative estimate of drug-likeness (QED) is 0.897. The molecule has 2 aromatic rings. The van der Waals surface area contributed by atoms with Crippen LogP contribution in [0.25, 0.3) is 5.69 Å². The fourth-order valence-electron chi connectivity index (χ4n) is 3.19. The molecule has 1 aliphatic heterocycles. The van der Waals surface area contributed by atoms with Crippen LogP contribution in [-0.4, -0.2) is 74.6 Å². The highest BCUT2D eigenvalue weighted by atomic mass is 16.3. The van der Waals surface area contributed by atoms with Crippen LogP contribution in [0, 0.1) is 13.8 Å². The molecule has 134 valence electrons. The van der Waals surface area contributed by atoms with E-state index in [2.05, 4.69) is 15.2 Å². The number of hydrogen-bond donors (Lipinski definition) is 1. The summed E-state index contributed by atoms with van der Waals surface area (Å²) in [7, 11) is 0. The van der Waals surface area contributed by atoms with E-state index in [1.807, 2.05) is 43.0 Å². The molecule has 7 heteroatoms. The minimum atomic E-state index is -0.348. The van der Waals surface area contributed by atoms with E-state index in [0.29, 0.717) is 25.3 Å². The van der Waals surface area contributed by atoms with Crippen molar-refractivity contribution >= 4 is 5.91 Å². The minimum absolute atomic E-state index is 0.0758. The summed E-state index contributed by atoms with van der Waals surface area (Å²) in [6.45, 7) is 9.14. The van der Waals surface area contributed by atoms with Gasteiger partial charge in [0.05, 0.1) is 17.5 Å². The Morgan fingerprint density at radius 1 is 1.24 bits per heavy atom. The lowest BCUT2D eigenvalue weighted by atomic mass is 10.2. The zero-order valence-corrected chi connectivity index (χ0v) is 15.0. The minimum Gasteiger partial charge on any atom is -0.392 e. The number of β-amino-alcohol motifs (C(OH)–C–C–N with tert-alkyl or cyclic N) is 1. The van der Waals surface area contributed by atoms with Crippen LogP contribution in [0.1, 0.15) is 28.7 Å². The van der Waals surface area contributed by atoms with E-state index in [0.717, 1.165) is 30.0 Å². The lowest BCUT2D eigenvalue weighted by Gasteiger charge is -2.34. The fraction of sp³-hybridized carbons (Fsp3) is 0.500. The van der Waals surface area contributed by atoms with Gasteiger partial charge in [-0.15, -0.1) is 5.10 Å². The number of aryl methyl sites for hydroxylation is 1. The van der Waals surface area contributed by atoms with Gasteiger partial charge in [0.25, 0.3) is 5.91 Å². The maximum absolute atomic E-state index is 12.8. The highest BCUT2D eigenvalue weighted by Gasteiger charge is 2.26. The lowest BCUT2D eigenvalue weighted by molar-refractivity contribution is 0.0548. The summed E-state index contributed by atoms with van der Waals surface area (Å²) in [4.78, 5) is 16.8. The Balaban J connectivity index is 1.72. The van der Waals surface area contributed by atoms with Gasteiger partial charge < -0.3 is 10.0 Å². The summed E-state index contributed by atoms with van der Waals surface area (Å²) in [5.74, 6) is -0.0758. The van der Waals surface area contributed by atoms with E-state index in [1.165, 1.54) is 0 Å². The van der Waals surface area contributed by atoms with Gasteiger partial charge in [-0.05, 0) is 38.5 Å². The molecule has 1 aromatic carbocycles. The lowest BCUT2D eigenvalue weighted by Crippen LogP contribution is -2.50. The Labute approximate surface area is 147 Å². The number of nitrogens with zero attached hydrogens (tertiary/aromatic N) is 5. The summed E-state index contributed by atoms with van der Waals surface area (Å²) in [5, 5.41) is 17.8. The smallest absolute Gasteiger partial charge is 0.276 e. The molecular weight excluding hydrogens is 318 g/mol. The second-order valence-corrected chi connectivity index (χ2v) is 6.72. The maximum atomic E-state index is 12.8. The molecule has 7 nitrogen and oxygen atoms in total. The third kappa shape index (κ3) is 3.88. The van der Waals surface area contributed by atoms with Crippen LogP contribution in [-0.2, 0) is 0 Å². The molecule has 0 aliphatic carbocycles. The molecule has 1 N–H and O–H groups in total. The van der Waals surface area contributed by atoms with Gasteiger partial charge in [-0.2, -0.15) is 0 Å². The fourth-order valence-corrected chi connectivity index (χ4v) is 3.19. The van der Waals surface area contributed by atoms with Gasteiger partial charge in [-0.1, -0.05) is 17.3 Å². The first kappa shape index (κ1) is 17.6. The number of carbonyl (C=O) groups is 1. The first-order valence-electron chi connectivity index (χ1n) is 8.64. The highest BCUT2D eigenvalue weighted by Crippen LogP contribution is 2.16. The monoisotopic (exact) mass is 343 g/mol. The second kappa shape index (κ2) is 7.33. The molecule has 0 bridgehead atoms. The molecule has 1 saturated heterocycles. The van der Waals surface area contributed by atoms with Crippen molar-refractivity contribution in [3.63, 3.8) is 0 Å². The Morgan fingerprint density at radius 3 is 2.60 bits per heavy atom. The van der Waals surface area contributed by atoms with E-state index >= 15 is 0 Å². The average molecular weight is 343 g/mol. The molecule has 0 radical (unpaired) electrons. The molecule has 1 amide bonds. The molecule has 0 spiro atoms. The van der Waals surface area contributed by atoms with Crippen LogP contribution in [0.5, 0.6) is 0 Å². The Kier molecular flexibility index (Phi) is 5.15. The van der Waals surface area contributed by atoms with Gasteiger partial charge >= 0.3 is 0 Å². The predicted octanol–water partition coefficient (Wildman–Crippen LogP) is 1.02. The number of benzene rings is 1. The third-order valence-corrected chi connectivity index (χ3v) is 4.53. The van der Waals surface area contributed by atoms with E-state index < -0.39 is 0 Å². The van der Waals surface area contributed by atoms with Crippen LogP contribution in [0.2, 0.25) is 0 Å². The van der Waals surface area contributed by atoms with Crippen molar-refractivity contribution in [3.8, 4) is 5.69 Å². The average Bonchev–Trinajstić information content (AvgIpc) is 2.96. The molecule has 0 unspecified atom stereocenters. The Bertz CT molecular complexity index is 748. The van der Waals surface area contributed by atoms with E-state index in [9.17, 15) is 9.90 Å². The Morgan fingerprint density at radius 2 is 1.96 bits per heavy atom. The molecule has 1 aliphatic rings. The second-order valence-electron chi connectivity index (χ2n) is 6.72. The van der Waals surface area contributed by atoms with Crippen molar-refractivity contribution < 1.29 is 9.90 Å². The summed E-state index contributed by atoms with van der Waals surface area (Å²) in [5.41, 5.74) is 3.20. The van der Waals surface area contributed by atoms with E-state index in [-0.39, 0.29) is 12.0 Å². The zero-order valence-electron chi connectivity index (χ0n) is 15.0.